The predicted octanol–water partition coefficient (Wildman–Crippen LogP) is 2.70. The van der Waals surface area contributed by atoms with Crippen molar-refractivity contribution >= 4 is 17.2 Å². The van der Waals surface area contributed by atoms with Crippen LogP contribution in [0.4, 0.5) is 4.39 Å². The van der Waals surface area contributed by atoms with Gasteiger partial charge in [-0.1, -0.05) is 19.1 Å². The van der Waals surface area contributed by atoms with E-state index in [2.05, 4.69) is 0 Å². The van der Waals surface area contributed by atoms with Crippen LogP contribution >= 0.6 is 12.2 Å². The van der Waals surface area contributed by atoms with Crippen molar-refractivity contribution in [2.45, 2.75) is 19.8 Å². The fourth-order valence-electron chi connectivity index (χ4n) is 1.84. The molecule has 3 nitrogen and oxygen atoms in total. The lowest BCUT2D eigenvalue weighted by Crippen LogP contribution is -2.14. The standard InChI is InChI=1S/C13H18FNO2S/c1-8(5-13(15)18)4-9-6-11(16-2)12(17-3)7-10(9)14/h6-8H,4-5H2,1-3H3,(H2,15,18). The Bertz CT molecular complexity index is 437. The molecular formula is C13H18FNO2S. The Kier molecular flexibility index (Phi) is 5.34. The van der Waals surface area contributed by atoms with E-state index in [1.165, 1.54) is 20.3 Å². The highest BCUT2D eigenvalue weighted by Crippen LogP contribution is 2.31. The predicted molar refractivity (Wildman–Crippen MR) is 73.8 cm³/mol. The van der Waals surface area contributed by atoms with Crippen molar-refractivity contribution in [3.63, 3.8) is 0 Å². The topological polar surface area (TPSA) is 44.5 Å². The van der Waals surface area contributed by atoms with Gasteiger partial charge in [-0.05, 0) is 24.0 Å². The number of hydrogen-bond donors (Lipinski definition) is 1. The molecule has 1 atom stereocenters. The molecule has 18 heavy (non-hydrogen) atoms. The summed E-state index contributed by atoms with van der Waals surface area (Å²) in [4.78, 5) is 0.448. The maximum atomic E-state index is 13.9. The summed E-state index contributed by atoms with van der Waals surface area (Å²) in [5, 5.41) is 0. The number of rotatable bonds is 6. The third-order valence-electron chi connectivity index (χ3n) is 2.67. The van der Waals surface area contributed by atoms with Crippen molar-refractivity contribution in [3.8, 4) is 11.5 Å². The molecule has 0 aliphatic heterocycles. The Labute approximate surface area is 112 Å². The molecule has 5 heteroatoms. The maximum Gasteiger partial charge on any atom is 0.163 e. The zero-order valence-corrected chi connectivity index (χ0v) is 11.6. The molecule has 1 rings (SSSR count). The lowest BCUT2D eigenvalue weighted by molar-refractivity contribution is 0.351. The lowest BCUT2D eigenvalue weighted by Gasteiger charge is -2.14. The Hall–Kier alpha value is -1.36. The number of hydrogen-bond acceptors (Lipinski definition) is 3. The van der Waals surface area contributed by atoms with Gasteiger partial charge < -0.3 is 15.2 Å². The third-order valence-corrected chi connectivity index (χ3v) is 2.84. The van der Waals surface area contributed by atoms with E-state index in [4.69, 9.17) is 27.4 Å². The molecule has 0 saturated carbocycles. The van der Waals surface area contributed by atoms with E-state index >= 15 is 0 Å². The largest absolute Gasteiger partial charge is 0.493 e. The van der Waals surface area contributed by atoms with Gasteiger partial charge in [0.1, 0.15) is 5.82 Å². The number of benzene rings is 1. The summed E-state index contributed by atoms with van der Waals surface area (Å²) in [6, 6.07) is 2.99. The molecular weight excluding hydrogens is 253 g/mol. The molecule has 1 unspecified atom stereocenters. The van der Waals surface area contributed by atoms with Crippen LogP contribution in [0.15, 0.2) is 12.1 Å². The van der Waals surface area contributed by atoms with Crippen LogP contribution in [0.3, 0.4) is 0 Å². The number of thiocarbonyl (C=S) groups is 1. The molecule has 0 aliphatic rings. The Balaban J connectivity index is 2.92. The first-order chi connectivity index (χ1) is 8.47. The first-order valence-corrected chi connectivity index (χ1v) is 6.07. The van der Waals surface area contributed by atoms with Crippen molar-refractivity contribution in [3.05, 3.63) is 23.5 Å². The van der Waals surface area contributed by atoms with Gasteiger partial charge in [-0.3, -0.25) is 0 Å². The molecule has 0 saturated heterocycles. The van der Waals surface area contributed by atoms with E-state index in [0.717, 1.165) is 0 Å². The average Bonchev–Trinajstić information content (AvgIpc) is 2.30. The molecule has 0 heterocycles. The highest BCUT2D eigenvalue weighted by Gasteiger charge is 2.14. The summed E-state index contributed by atoms with van der Waals surface area (Å²) in [7, 11) is 3.00. The zero-order chi connectivity index (χ0) is 13.7. The van der Waals surface area contributed by atoms with Crippen LogP contribution in [0.5, 0.6) is 11.5 Å². The monoisotopic (exact) mass is 271 g/mol. The quantitative estimate of drug-likeness (QED) is 0.808. The molecule has 0 bridgehead atoms. The maximum absolute atomic E-state index is 13.9. The minimum atomic E-state index is -0.303. The van der Waals surface area contributed by atoms with Crippen molar-refractivity contribution in [1.82, 2.24) is 0 Å². The van der Waals surface area contributed by atoms with Gasteiger partial charge >= 0.3 is 0 Å². The first kappa shape index (κ1) is 14.7. The summed E-state index contributed by atoms with van der Waals surface area (Å²) in [5.74, 6) is 0.801. The van der Waals surface area contributed by atoms with Gasteiger partial charge in [0.25, 0.3) is 0 Å². The van der Waals surface area contributed by atoms with Crippen LogP contribution in [0.25, 0.3) is 0 Å². The van der Waals surface area contributed by atoms with Crippen LogP contribution < -0.4 is 15.2 Å². The number of nitrogens with two attached hydrogens (primary N) is 1. The Morgan fingerprint density at radius 3 is 2.39 bits per heavy atom. The van der Waals surface area contributed by atoms with E-state index in [-0.39, 0.29) is 11.7 Å². The third kappa shape index (κ3) is 3.84. The van der Waals surface area contributed by atoms with Gasteiger partial charge in [0, 0.05) is 12.5 Å². The number of methoxy groups -OCH3 is 2. The first-order valence-electron chi connectivity index (χ1n) is 5.66. The summed E-state index contributed by atoms with van der Waals surface area (Å²) < 4.78 is 24.0. The average molecular weight is 271 g/mol. The molecule has 0 fully saturated rings. The summed E-state index contributed by atoms with van der Waals surface area (Å²) in [5.41, 5.74) is 6.06. The van der Waals surface area contributed by atoms with Crippen molar-refractivity contribution in [2.24, 2.45) is 11.7 Å². The molecule has 0 radical (unpaired) electrons. The van der Waals surface area contributed by atoms with E-state index in [9.17, 15) is 4.39 Å². The smallest absolute Gasteiger partial charge is 0.163 e. The minimum Gasteiger partial charge on any atom is -0.493 e. The van der Waals surface area contributed by atoms with E-state index in [0.29, 0.717) is 34.9 Å². The van der Waals surface area contributed by atoms with Crippen molar-refractivity contribution in [1.29, 1.82) is 0 Å². The van der Waals surface area contributed by atoms with Crippen LogP contribution in [0, 0.1) is 11.7 Å². The van der Waals surface area contributed by atoms with Gasteiger partial charge in [0.15, 0.2) is 11.5 Å². The second kappa shape index (κ2) is 6.54. The van der Waals surface area contributed by atoms with Gasteiger partial charge in [-0.25, -0.2) is 4.39 Å². The van der Waals surface area contributed by atoms with Crippen LogP contribution in [0.2, 0.25) is 0 Å². The molecule has 2 N–H and O–H groups in total. The number of halogens is 1. The minimum absolute atomic E-state index is 0.190. The fourth-order valence-corrected chi connectivity index (χ4v) is 2.13. The van der Waals surface area contributed by atoms with Crippen LogP contribution in [0.1, 0.15) is 18.9 Å². The lowest BCUT2D eigenvalue weighted by atomic mass is 9.97. The van der Waals surface area contributed by atoms with Crippen LogP contribution in [-0.2, 0) is 6.42 Å². The molecule has 1 aromatic rings. The fraction of sp³-hybridized carbons (Fsp3) is 0.462. The molecule has 0 spiro atoms. The molecule has 100 valence electrons. The summed E-state index contributed by atoms with van der Waals surface area (Å²) in [6.45, 7) is 1.98. The highest BCUT2D eigenvalue weighted by atomic mass is 32.1. The molecule has 0 amide bonds. The zero-order valence-electron chi connectivity index (χ0n) is 10.8. The van der Waals surface area contributed by atoms with Gasteiger partial charge in [0.05, 0.1) is 19.2 Å². The second-order valence-electron chi connectivity index (χ2n) is 4.28. The molecule has 0 aromatic heterocycles. The summed E-state index contributed by atoms with van der Waals surface area (Å²) >= 11 is 4.85. The normalized spacial score (nSPS) is 12.0. The Morgan fingerprint density at radius 2 is 1.89 bits per heavy atom. The van der Waals surface area contributed by atoms with Crippen molar-refractivity contribution in [2.75, 3.05) is 14.2 Å². The summed E-state index contributed by atoms with van der Waals surface area (Å²) in [6.07, 6.45) is 1.16. The van der Waals surface area contributed by atoms with Gasteiger partial charge in [-0.2, -0.15) is 0 Å². The van der Waals surface area contributed by atoms with Crippen molar-refractivity contribution < 1.29 is 13.9 Å². The van der Waals surface area contributed by atoms with E-state index in [1.807, 2.05) is 6.92 Å². The highest BCUT2D eigenvalue weighted by molar-refractivity contribution is 7.80. The number of ether oxygens (including phenoxy) is 2. The molecule has 1 aromatic carbocycles. The second-order valence-corrected chi connectivity index (χ2v) is 4.80. The SMILES string of the molecule is COc1cc(F)c(CC(C)CC(N)=S)cc1OC. The van der Waals surface area contributed by atoms with Crippen LogP contribution in [-0.4, -0.2) is 19.2 Å². The van der Waals surface area contributed by atoms with Gasteiger partial charge in [0.2, 0.25) is 0 Å². The van der Waals surface area contributed by atoms with E-state index in [1.54, 1.807) is 6.07 Å². The van der Waals surface area contributed by atoms with E-state index < -0.39 is 0 Å². The van der Waals surface area contributed by atoms with Gasteiger partial charge in [-0.15, -0.1) is 0 Å². The molecule has 0 aliphatic carbocycles. The Morgan fingerprint density at radius 1 is 1.33 bits per heavy atom.